The van der Waals surface area contributed by atoms with Gasteiger partial charge in [-0.25, -0.2) is 4.98 Å². The van der Waals surface area contributed by atoms with E-state index < -0.39 is 0 Å². The third-order valence-corrected chi connectivity index (χ3v) is 5.59. The van der Waals surface area contributed by atoms with Crippen LogP contribution in [0.2, 0.25) is 0 Å². The summed E-state index contributed by atoms with van der Waals surface area (Å²) in [6.07, 6.45) is 0.621. The molecule has 24 heavy (non-hydrogen) atoms. The van der Waals surface area contributed by atoms with Gasteiger partial charge in [0.25, 0.3) is 0 Å². The summed E-state index contributed by atoms with van der Waals surface area (Å²) in [5.74, 6) is 0. The van der Waals surface area contributed by atoms with Gasteiger partial charge >= 0.3 is 0 Å². The Kier molecular flexibility index (Phi) is 4.77. The fraction of sp³-hybridized carbons (Fsp3) is 0.235. The van der Waals surface area contributed by atoms with Crippen molar-refractivity contribution < 1.29 is 0 Å². The molecule has 3 N–H and O–H groups in total. The molecule has 1 atom stereocenters. The lowest BCUT2D eigenvalue weighted by molar-refractivity contribution is 0.746. The Labute approximate surface area is 148 Å². The average Bonchev–Trinajstić information content (AvgIpc) is 3.18. The van der Waals surface area contributed by atoms with Crippen molar-refractivity contribution in [3.05, 3.63) is 44.6 Å². The fourth-order valence-electron chi connectivity index (χ4n) is 2.45. The molecule has 120 valence electrons. The Balaban J connectivity index is 2.08. The van der Waals surface area contributed by atoms with Gasteiger partial charge in [-0.05, 0) is 30.9 Å². The summed E-state index contributed by atoms with van der Waals surface area (Å²) in [6, 6.07) is 10.1. The van der Waals surface area contributed by atoms with Crippen molar-refractivity contribution in [2.24, 2.45) is 5.73 Å². The highest BCUT2D eigenvalue weighted by Gasteiger charge is 2.18. The summed E-state index contributed by atoms with van der Waals surface area (Å²) >= 11 is 3.20. The van der Waals surface area contributed by atoms with Gasteiger partial charge in [0.1, 0.15) is 23.3 Å². The van der Waals surface area contributed by atoms with Gasteiger partial charge in [-0.1, -0.05) is 6.07 Å². The Morgan fingerprint density at radius 2 is 2.21 bits per heavy atom. The van der Waals surface area contributed by atoms with Crippen LogP contribution in [-0.4, -0.2) is 11.0 Å². The molecule has 0 saturated heterocycles. The number of nitriles is 2. The monoisotopic (exact) mass is 353 g/mol. The minimum absolute atomic E-state index is 0.0388. The lowest BCUT2D eigenvalue weighted by atomic mass is 10.1. The number of fused-ring (bicyclic) bond motifs is 1. The summed E-state index contributed by atoms with van der Waals surface area (Å²) < 4.78 is 0.901. The highest BCUT2D eigenvalue weighted by atomic mass is 32.1. The number of nitrogens with one attached hydrogen (secondary N) is 1. The summed E-state index contributed by atoms with van der Waals surface area (Å²) in [7, 11) is 0. The molecule has 0 aliphatic rings. The zero-order valence-electron chi connectivity index (χ0n) is 13.0. The van der Waals surface area contributed by atoms with E-state index in [-0.39, 0.29) is 6.04 Å². The molecule has 0 aliphatic carbocycles. The van der Waals surface area contributed by atoms with Crippen molar-refractivity contribution in [2.75, 3.05) is 5.32 Å². The summed E-state index contributed by atoms with van der Waals surface area (Å²) in [5, 5.41) is 24.2. The molecule has 1 unspecified atom stereocenters. The Morgan fingerprint density at radius 3 is 2.83 bits per heavy atom. The number of hydrogen-bond acceptors (Lipinski definition) is 7. The maximum absolute atomic E-state index is 9.53. The second-order valence-corrected chi connectivity index (χ2v) is 7.61. The smallest absolute Gasteiger partial charge is 0.143 e. The lowest BCUT2D eigenvalue weighted by Crippen LogP contribution is -2.17. The molecule has 0 fully saturated rings. The molecule has 3 heterocycles. The van der Waals surface area contributed by atoms with Crippen LogP contribution in [0.25, 0.3) is 10.2 Å². The van der Waals surface area contributed by atoms with Crippen LogP contribution in [0.15, 0.2) is 23.6 Å². The molecule has 0 aromatic carbocycles. The van der Waals surface area contributed by atoms with Gasteiger partial charge in [-0.3, -0.25) is 0 Å². The Bertz CT molecular complexity index is 942. The molecule has 3 rings (SSSR count). The van der Waals surface area contributed by atoms with Gasteiger partial charge in [0.05, 0.1) is 16.0 Å². The van der Waals surface area contributed by atoms with E-state index in [0.29, 0.717) is 29.7 Å². The van der Waals surface area contributed by atoms with Crippen LogP contribution in [0.5, 0.6) is 0 Å². The van der Waals surface area contributed by atoms with E-state index in [9.17, 15) is 10.5 Å². The number of rotatable bonds is 5. The van der Waals surface area contributed by atoms with Gasteiger partial charge in [0, 0.05) is 22.3 Å². The van der Waals surface area contributed by atoms with Crippen LogP contribution in [0.4, 0.5) is 5.69 Å². The molecule has 0 spiro atoms. The predicted octanol–water partition coefficient (Wildman–Crippen LogP) is 3.60. The normalized spacial score (nSPS) is 11.8. The van der Waals surface area contributed by atoms with Crippen LogP contribution in [0.3, 0.4) is 0 Å². The molecular weight excluding hydrogens is 338 g/mol. The largest absolute Gasteiger partial charge is 0.379 e. The summed E-state index contributed by atoms with van der Waals surface area (Å²) in [6.45, 7) is 2.58. The molecule has 0 bridgehead atoms. The molecule has 3 aromatic rings. The molecule has 3 aromatic heterocycles. The number of pyridine rings is 1. The van der Waals surface area contributed by atoms with Crippen molar-refractivity contribution in [1.29, 1.82) is 10.5 Å². The van der Waals surface area contributed by atoms with Crippen molar-refractivity contribution >= 4 is 38.6 Å². The first-order valence-electron chi connectivity index (χ1n) is 7.40. The maximum Gasteiger partial charge on any atom is 0.143 e. The Hall–Kier alpha value is -2.45. The predicted molar refractivity (Wildman–Crippen MR) is 98.0 cm³/mol. The molecule has 5 nitrogen and oxygen atoms in total. The second kappa shape index (κ2) is 6.98. The van der Waals surface area contributed by atoms with Crippen molar-refractivity contribution in [2.45, 2.75) is 25.9 Å². The van der Waals surface area contributed by atoms with Gasteiger partial charge in [0.2, 0.25) is 0 Å². The van der Waals surface area contributed by atoms with Crippen LogP contribution in [-0.2, 0) is 13.0 Å². The molecule has 0 radical (unpaired) electrons. The van der Waals surface area contributed by atoms with E-state index in [4.69, 9.17) is 5.73 Å². The van der Waals surface area contributed by atoms with E-state index in [0.717, 1.165) is 15.3 Å². The molecule has 0 saturated carbocycles. The zero-order valence-corrected chi connectivity index (χ0v) is 14.7. The van der Waals surface area contributed by atoms with Crippen LogP contribution in [0.1, 0.15) is 27.9 Å². The molecule has 0 amide bonds. The van der Waals surface area contributed by atoms with E-state index in [1.165, 1.54) is 16.2 Å². The average molecular weight is 353 g/mol. The van der Waals surface area contributed by atoms with Gasteiger partial charge in [-0.2, -0.15) is 10.5 Å². The first-order chi connectivity index (χ1) is 11.6. The fourth-order valence-corrected chi connectivity index (χ4v) is 4.41. The van der Waals surface area contributed by atoms with Crippen LogP contribution in [0, 0.1) is 22.7 Å². The topological polar surface area (TPSA) is 98.5 Å². The van der Waals surface area contributed by atoms with Crippen molar-refractivity contribution in [1.82, 2.24) is 4.98 Å². The quantitative estimate of drug-likeness (QED) is 0.730. The summed E-state index contributed by atoms with van der Waals surface area (Å²) in [4.78, 5) is 6.47. The van der Waals surface area contributed by atoms with Crippen molar-refractivity contribution in [3.8, 4) is 12.1 Å². The van der Waals surface area contributed by atoms with Gasteiger partial charge in [-0.15, -0.1) is 22.7 Å². The van der Waals surface area contributed by atoms with E-state index in [2.05, 4.69) is 28.5 Å². The second-order valence-electron chi connectivity index (χ2n) is 5.47. The summed E-state index contributed by atoms with van der Waals surface area (Å²) in [5.41, 5.74) is 8.16. The highest BCUT2D eigenvalue weighted by Crippen LogP contribution is 2.36. The first kappa shape index (κ1) is 16.4. The molecular formula is C17H15N5S2. The molecule has 0 aliphatic heterocycles. The highest BCUT2D eigenvalue weighted by molar-refractivity contribution is 7.20. The van der Waals surface area contributed by atoms with E-state index >= 15 is 0 Å². The number of nitrogens with two attached hydrogens (primary N) is 1. The zero-order chi connectivity index (χ0) is 17.1. The maximum atomic E-state index is 9.53. The third kappa shape index (κ3) is 3.24. The van der Waals surface area contributed by atoms with E-state index in [1.54, 1.807) is 17.4 Å². The van der Waals surface area contributed by atoms with Crippen LogP contribution >= 0.6 is 22.7 Å². The van der Waals surface area contributed by atoms with Crippen LogP contribution < -0.4 is 11.1 Å². The first-order valence-corrected chi connectivity index (χ1v) is 9.10. The van der Waals surface area contributed by atoms with Gasteiger partial charge in [0.15, 0.2) is 0 Å². The number of nitrogens with zero attached hydrogens (tertiary/aromatic N) is 3. The minimum Gasteiger partial charge on any atom is -0.379 e. The number of thiophene rings is 2. The van der Waals surface area contributed by atoms with Crippen molar-refractivity contribution in [3.63, 3.8) is 0 Å². The lowest BCUT2D eigenvalue weighted by Gasteiger charge is -2.06. The van der Waals surface area contributed by atoms with Gasteiger partial charge < -0.3 is 11.1 Å². The Morgan fingerprint density at radius 1 is 1.38 bits per heavy atom. The molecule has 7 heteroatoms. The minimum atomic E-state index is -0.0388. The third-order valence-electron chi connectivity index (χ3n) is 3.48. The van der Waals surface area contributed by atoms with E-state index in [1.807, 2.05) is 18.4 Å². The standard InChI is InChI=1S/C17H15N5S2/c1-10(20)5-15-13(8-19)16-17(24-15)14(6-11(7-18)22-16)21-9-12-3-2-4-23-12/h2-4,6,10H,5,9,20H2,1H3,(H,21,22). The number of anilines is 1. The number of hydrogen-bond donors (Lipinski definition) is 2. The SMILES string of the molecule is CC(N)Cc1sc2c(NCc3cccs3)cc(C#N)nc2c1C#N. The number of aromatic nitrogens is 1.